The number of H-pyrrole nitrogens is 3. The molecule has 1 saturated carbocycles. The van der Waals surface area contributed by atoms with Crippen LogP contribution in [-0.2, 0) is 6.42 Å². The van der Waals surface area contributed by atoms with Crippen molar-refractivity contribution in [2.24, 2.45) is 5.92 Å². The SMILES string of the molecule is O=c1[nH]c2nc(CC3CCCCC3)c(-c3cccc(-c4cn[nH]n4)c3)nc2[nH]1. The minimum absolute atomic E-state index is 0.285. The van der Waals surface area contributed by atoms with Crippen molar-refractivity contribution in [3.8, 4) is 22.5 Å². The van der Waals surface area contributed by atoms with Crippen LogP contribution in [-0.4, -0.2) is 35.3 Å². The van der Waals surface area contributed by atoms with E-state index in [1.807, 2.05) is 24.3 Å². The summed E-state index contributed by atoms with van der Waals surface area (Å²) in [5.41, 5.74) is 5.17. The lowest BCUT2D eigenvalue weighted by molar-refractivity contribution is 0.354. The van der Waals surface area contributed by atoms with Crippen LogP contribution in [0.5, 0.6) is 0 Å². The minimum Gasteiger partial charge on any atom is -0.289 e. The molecule has 3 aromatic heterocycles. The fourth-order valence-electron chi connectivity index (χ4n) is 4.10. The fourth-order valence-corrected chi connectivity index (χ4v) is 4.10. The van der Waals surface area contributed by atoms with Gasteiger partial charge in [0.1, 0.15) is 5.69 Å². The number of nitrogens with zero attached hydrogens (tertiary/aromatic N) is 4. The number of aromatic amines is 3. The standard InChI is InChI=1S/C20H21N7O/c28-20-24-18-19(25-20)23-17(15(22-18)9-12-5-2-1-3-6-12)14-8-4-7-13(10-14)16-11-21-27-26-16/h4,7-8,10-12H,1-3,5-6,9H2,(H,21,26,27)(H2,22,23,24,25,28). The van der Waals surface area contributed by atoms with Crippen molar-refractivity contribution < 1.29 is 0 Å². The summed E-state index contributed by atoms with van der Waals surface area (Å²) in [4.78, 5) is 26.7. The largest absolute Gasteiger partial charge is 0.326 e. The third-order valence-corrected chi connectivity index (χ3v) is 5.49. The topological polar surface area (TPSA) is 116 Å². The molecule has 0 radical (unpaired) electrons. The Bertz CT molecular complexity index is 1150. The summed E-state index contributed by atoms with van der Waals surface area (Å²) in [6.45, 7) is 0. The molecule has 0 atom stereocenters. The van der Waals surface area contributed by atoms with Crippen molar-refractivity contribution in [2.45, 2.75) is 38.5 Å². The number of aromatic nitrogens is 7. The molecule has 0 bridgehead atoms. The molecule has 0 amide bonds. The molecule has 0 spiro atoms. The van der Waals surface area contributed by atoms with E-state index in [2.05, 4.69) is 25.4 Å². The van der Waals surface area contributed by atoms with Gasteiger partial charge in [0.25, 0.3) is 0 Å². The number of nitrogens with one attached hydrogen (secondary N) is 3. The number of hydrogen-bond donors (Lipinski definition) is 3. The minimum atomic E-state index is -0.285. The molecule has 0 unspecified atom stereocenters. The van der Waals surface area contributed by atoms with Crippen LogP contribution < -0.4 is 5.69 Å². The average molecular weight is 375 g/mol. The first kappa shape index (κ1) is 16.9. The van der Waals surface area contributed by atoms with Gasteiger partial charge in [-0.1, -0.05) is 50.3 Å². The first-order valence-corrected chi connectivity index (χ1v) is 9.72. The molecular weight excluding hydrogens is 354 g/mol. The van der Waals surface area contributed by atoms with E-state index in [0.29, 0.717) is 17.2 Å². The molecule has 8 heteroatoms. The van der Waals surface area contributed by atoms with Crippen molar-refractivity contribution >= 4 is 11.3 Å². The lowest BCUT2D eigenvalue weighted by atomic mass is 9.85. The van der Waals surface area contributed by atoms with Gasteiger partial charge in [0.2, 0.25) is 0 Å². The van der Waals surface area contributed by atoms with E-state index < -0.39 is 0 Å². The monoisotopic (exact) mass is 375 g/mol. The second-order valence-electron chi connectivity index (χ2n) is 7.44. The van der Waals surface area contributed by atoms with E-state index in [-0.39, 0.29) is 5.69 Å². The van der Waals surface area contributed by atoms with Gasteiger partial charge in [0.05, 0.1) is 17.6 Å². The molecular formula is C20H21N7O. The Hall–Kier alpha value is -3.29. The van der Waals surface area contributed by atoms with E-state index in [1.165, 1.54) is 32.1 Å². The van der Waals surface area contributed by atoms with Crippen LogP contribution >= 0.6 is 0 Å². The van der Waals surface area contributed by atoms with Crippen LogP contribution in [0.3, 0.4) is 0 Å². The number of fused-ring (bicyclic) bond motifs is 1. The molecule has 3 heterocycles. The van der Waals surface area contributed by atoms with Crippen molar-refractivity contribution in [1.82, 2.24) is 35.3 Å². The maximum absolute atomic E-state index is 11.7. The van der Waals surface area contributed by atoms with E-state index in [0.717, 1.165) is 34.6 Å². The van der Waals surface area contributed by atoms with Crippen LogP contribution in [0.1, 0.15) is 37.8 Å². The molecule has 0 aliphatic heterocycles. The Labute approximate surface area is 160 Å². The highest BCUT2D eigenvalue weighted by Gasteiger charge is 2.20. The highest BCUT2D eigenvalue weighted by Crippen LogP contribution is 2.31. The molecule has 1 fully saturated rings. The van der Waals surface area contributed by atoms with E-state index in [9.17, 15) is 4.79 Å². The van der Waals surface area contributed by atoms with E-state index >= 15 is 0 Å². The Balaban J connectivity index is 1.61. The van der Waals surface area contributed by atoms with Gasteiger partial charge >= 0.3 is 5.69 Å². The molecule has 5 rings (SSSR count). The highest BCUT2D eigenvalue weighted by molar-refractivity contribution is 5.75. The summed E-state index contributed by atoms with van der Waals surface area (Å²) in [7, 11) is 0. The Morgan fingerprint density at radius 3 is 2.57 bits per heavy atom. The number of hydrogen-bond acceptors (Lipinski definition) is 5. The van der Waals surface area contributed by atoms with Gasteiger partial charge in [0.15, 0.2) is 11.3 Å². The first-order valence-electron chi connectivity index (χ1n) is 9.72. The normalized spacial score (nSPS) is 15.3. The zero-order valence-corrected chi connectivity index (χ0v) is 15.4. The number of imidazole rings is 1. The summed E-state index contributed by atoms with van der Waals surface area (Å²) in [5.74, 6) is 0.614. The van der Waals surface area contributed by atoms with Crippen molar-refractivity contribution in [3.63, 3.8) is 0 Å². The van der Waals surface area contributed by atoms with Crippen LogP contribution in [0.2, 0.25) is 0 Å². The number of rotatable bonds is 4. The van der Waals surface area contributed by atoms with Gasteiger partial charge in [0, 0.05) is 11.1 Å². The molecule has 1 aliphatic carbocycles. The van der Waals surface area contributed by atoms with E-state index in [1.54, 1.807) is 6.20 Å². The summed E-state index contributed by atoms with van der Waals surface area (Å²) in [6, 6.07) is 8.04. The maximum atomic E-state index is 11.7. The molecule has 8 nitrogen and oxygen atoms in total. The van der Waals surface area contributed by atoms with Gasteiger partial charge in [-0.2, -0.15) is 15.4 Å². The average Bonchev–Trinajstić information content (AvgIpc) is 3.37. The summed E-state index contributed by atoms with van der Waals surface area (Å²) in [5, 5.41) is 10.7. The van der Waals surface area contributed by atoms with Gasteiger partial charge in [-0.05, 0) is 18.4 Å². The van der Waals surface area contributed by atoms with Crippen molar-refractivity contribution in [2.75, 3.05) is 0 Å². The van der Waals surface area contributed by atoms with Gasteiger partial charge < -0.3 is 0 Å². The predicted octanol–water partition coefficient (Wildman–Crippen LogP) is 3.22. The summed E-state index contributed by atoms with van der Waals surface area (Å²) in [6.07, 6.45) is 8.89. The fraction of sp³-hybridized carbons (Fsp3) is 0.350. The van der Waals surface area contributed by atoms with Crippen molar-refractivity contribution in [1.29, 1.82) is 0 Å². The second kappa shape index (κ2) is 7.03. The zero-order valence-electron chi connectivity index (χ0n) is 15.4. The van der Waals surface area contributed by atoms with Gasteiger partial charge in [-0.15, -0.1) is 0 Å². The molecule has 0 saturated heterocycles. The third kappa shape index (κ3) is 3.21. The molecule has 142 valence electrons. The summed E-state index contributed by atoms with van der Waals surface area (Å²) >= 11 is 0. The predicted molar refractivity (Wildman–Crippen MR) is 106 cm³/mol. The second-order valence-corrected chi connectivity index (χ2v) is 7.44. The first-order chi connectivity index (χ1) is 13.8. The third-order valence-electron chi connectivity index (χ3n) is 5.49. The van der Waals surface area contributed by atoms with Crippen LogP contribution in [0.25, 0.3) is 33.8 Å². The van der Waals surface area contributed by atoms with Gasteiger partial charge in [-0.3, -0.25) is 9.97 Å². The molecule has 3 N–H and O–H groups in total. The molecule has 4 aromatic rings. The van der Waals surface area contributed by atoms with Crippen LogP contribution in [0.4, 0.5) is 0 Å². The Kier molecular flexibility index (Phi) is 4.23. The smallest absolute Gasteiger partial charge is 0.289 e. The highest BCUT2D eigenvalue weighted by atomic mass is 16.1. The molecule has 1 aromatic carbocycles. The molecule has 28 heavy (non-hydrogen) atoms. The van der Waals surface area contributed by atoms with Crippen LogP contribution in [0, 0.1) is 5.92 Å². The molecule has 1 aliphatic rings. The van der Waals surface area contributed by atoms with Crippen LogP contribution in [0.15, 0.2) is 35.3 Å². The Morgan fingerprint density at radius 1 is 1.00 bits per heavy atom. The van der Waals surface area contributed by atoms with E-state index in [4.69, 9.17) is 9.97 Å². The van der Waals surface area contributed by atoms with Gasteiger partial charge in [-0.25, -0.2) is 14.8 Å². The maximum Gasteiger partial charge on any atom is 0.326 e. The van der Waals surface area contributed by atoms with Crippen molar-refractivity contribution in [3.05, 3.63) is 46.6 Å². The Morgan fingerprint density at radius 2 is 1.79 bits per heavy atom. The lowest BCUT2D eigenvalue weighted by Gasteiger charge is -2.22. The quantitative estimate of drug-likeness (QED) is 0.506. The number of benzene rings is 1. The zero-order chi connectivity index (χ0) is 18.9. The summed E-state index contributed by atoms with van der Waals surface area (Å²) < 4.78 is 0. The lowest BCUT2D eigenvalue weighted by Crippen LogP contribution is -2.12.